The third-order valence-electron chi connectivity index (χ3n) is 1.82. The minimum Gasteiger partial charge on any atom is -0.478 e. The Morgan fingerprint density at radius 2 is 1.81 bits per heavy atom. The van der Waals surface area contributed by atoms with Crippen LogP contribution in [0.25, 0.3) is 0 Å². The van der Waals surface area contributed by atoms with Crippen molar-refractivity contribution in [3.05, 3.63) is 17.6 Å². The summed E-state index contributed by atoms with van der Waals surface area (Å²) in [5, 5.41) is 9.92. The number of unbranched alkanes of at least 4 members (excludes halogenated alkanes) is 5. The standard InChI is InChI=1S/C8H17NO2.C3H4O2/c1-2-3-4-5-6-7-8-11-9-10;1-2-3(4)5/h2-8H2,1H3;2H,1H2,(H,4,5). The van der Waals surface area contributed by atoms with Gasteiger partial charge in [-0.25, -0.2) is 4.79 Å². The van der Waals surface area contributed by atoms with Crippen molar-refractivity contribution in [2.75, 3.05) is 6.61 Å². The molecule has 0 aliphatic heterocycles. The van der Waals surface area contributed by atoms with Crippen molar-refractivity contribution in [1.29, 1.82) is 0 Å². The minimum absolute atomic E-state index is 0.482. The summed E-state index contributed by atoms with van der Waals surface area (Å²) in [4.78, 5) is 23.0. The first-order chi connectivity index (χ1) is 7.68. The molecule has 0 saturated carbocycles. The molecule has 0 fully saturated rings. The topological polar surface area (TPSA) is 76.0 Å². The van der Waals surface area contributed by atoms with E-state index in [9.17, 15) is 9.70 Å². The minimum atomic E-state index is -0.981. The molecule has 5 nitrogen and oxygen atoms in total. The molecular weight excluding hydrogens is 210 g/mol. The second-order valence-electron chi connectivity index (χ2n) is 3.22. The number of nitrogens with zero attached hydrogens (tertiary/aromatic N) is 1. The molecule has 0 saturated heterocycles. The van der Waals surface area contributed by atoms with E-state index in [0.29, 0.717) is 6.61 Å². The molecule has 0 spiro atoms. The van der Waals surface area contributed by atoms with E-state index in [0.717, 1.165) is 18.9 Å². The molecule has 0 amide bonds. The van der Waals surface area contributed by atoms with E-state index >= 15 is 0 Å². The maximum absolute atomic E-state index is 9.47. The first-order valence-electron chi connectivity index (χ1n) is 5.49. The van der Waals surface area contributed by atoms with E-state index in [1.54, 1.807) is 0 Å². The molecule has 0 radical (unpaired) electrons. The zero-order valence-corrected chi connectivity index (χ0v) is 9.85. The van der Waals surface area contributed by atoms with Crippen LogP contribution < -0.4 is 0 Å². The monoisotopic (exact) mass is 231 g/mol. The van der Waals surface area contributed by atoms with Crippen LogP contribution >= 0.6 is 0 Å². The molecule has 16 heavy (non-hydrogen) atoms. The second kappa shape index (κ2) is 16.1. The van der Waals surface area contributed by atoms with Gasteiger partial charge in [0.25, 0.3) is 0 Å². The lowest BCUT2D eigenvalue weighted by Crippen LogP contribution is -1.86. The predicted molar refractivity (Wildman–Crippen MR) is 63.0 cm³/mol. The first-order valence-corrected chi connectivity index (χ1v) is 5.49. The fourth-order valence-electron chi connectivity index (χ4n) is 0.984. The highest BCUT2D eigenvalue weighted by Gasteiger charge is 1.89. The van der Waals surface area contributed by atoms with E-state index in [1.165, 1.54) is 25.7 Å². The highest BCUT2D eigenvalue weighted by molar-refractivity contribution is 5.78. The van der Waals surface area contributed by atoms with Crippen LogP contribution in [0.3, 0.4) is 0 Å². The van der Waals surface area contributed by atoms with Crippen molar-refractivity contribution in [3.63, 3.8) is 0 Å². The van der Waals surface area contributed by atoms with Crippen LogP contribution in [0.15, 0.2) is 18.0 Å². The molecule has 0 unspecified atom stereocenters. The van der Waals surface area contributed by atoms with Gasteiger partial charge in [-0.05, 0) is 12.8 Å². The lowest BCUT2D eigenvalue weighted by atomic mass is 10.1. The molecule has 0 aliphatic rings. The van der Waals surface area contributed by atoms with Gasteiger partial charge in [0, 0.05) is 6.08 Å². The van der Waals surface area contributed by atoms with Crippen molar-refractivity contribution in [2.45, 2.75) is 45.4 Å². The number of carbonyl (C=O) groups is 1. The number of aliphatic carboxylic acids is 1. The molecule has 0 aromatic rings. The molecule has 0 aliphatic carbocycles. The molecule has 5 heteroatoms. The first kappa shape index (κ1) is 17.0. The average molecular weight is 231 g/mol. The molecule has 94 valence electrons. The Hall–Kier alpha value is -1.39. The molecule has 0 aromatic heterocycles. The summed E-state index contributed by atoms with van der Waals surface area (Å²) in [6.45, 7) is 5.64. The maximum Gasteiger partial charge on any atom is 0.327 e. The number of carboxylic acid groups (broad SMARTS) is 1. The molecule has 0 rings (SSSR count). The zero-order chi connectivity index (χ0) is 12.6. The fourth-order valence-corrected chi connectivity index (χ4v) is 0.984. The van der Waals surface area contributed by atoms with Crippen LogP contribution in [-0.4, -0.2) is 17.7 Å². The zero-order valence-electron chi connectivity index (χ0n) is 9.85. The predicted octanol–water partition coefficient (Wildman–Crippen LogP) is 3.30. The van der Waals surface area contributed by atoms with Gasteiger partial charge in [-0.15, -0.1) is 4.91 Å². The second-order valence-corrected chi connectivity index (χ2v) is 3.22. The third-order valence-corrected chi connectivity index (χ3v) is 1.82. The quantitative estimate of drug-likeness (QED) is 0.286. The van der Waals surface area contributed by atoms with Crippen LogP contribution in [0.5, 0.6) is 0 Å². The van der Waals surface area contributed by atoms with Gasteiger partial charge in [0.05, 0.1) is 0 Å². The van der Waals surface area contributed by atoms with Crippen LogP contribution in [0.2, 0.25) is 0 Å². The normalized spacial score (nSPS) is 8.56. The number of hydrogen-bond donors (Lipinski definition) is 1. The van der Waals surface area contributed by atoms with E-state index in [1.807, 2.05) is 0 Å². The van der Waals surface area contributed by atoms with Crippen molar-refractivity contribution in [2.24, 2.45) is 5.34 Å². The Morgan fingerprint density at radius 1 is 1.31 bits per heavy atom. The maximum atomic E-state index is 9.47. The van der Waals surface area contributed by atoms with Crippen LogP contribution in [0.1, 0.15) is 45.4 Å². The molecule has 1 N–H and O–H groups in total. The SMILES string of the molecule is C=CC(=O)O.CCCCCCCCON=O. The van der Waals surface area contributed by atoms with Crippen LogP contribution in [0.4, 0.5) is 0 Å². The smallest absolute Gasteiger partial charge is 0.327 e. The van der Waals surface area contributed by atoms with Gasteiger partial charge in [0.2, 0.25) is 0 Å². The van der Waals surface area contributed by atoms with E-state index in [4.69, 9.17) is 5.11 Å². The summed E-state index contributed by atoms with van der Waals surface area (Å²) in [5.74, 6) is -0.981. The van der Waals surface area contributed by atoms with Crippen molar-refractivity contribution in [1.82, 2.24) is 0 Å². The van der Waals surface area contributed by atoms with Gasteiger partial charge in [-0.1, -0.05) is 39.2 Å². The molecular formula is C11H21NO4. The third kappa shape index (κ3) is 22.9. The van der Waals surface area contributed by atoms with Crippen molar-refractivity contribution >= 4 is 5.97 Å². The van der Waals surface area contributed by atoms with Crippen LogP contribution in [0, 0.1) is 4.91 Å². The lowest BCUT2D eigenvalue weighted by Gasteiger charge is -1.97. The Labute approximate surface area is 96.4 Å². The van der Waals surface area contributed by atoms with E-state index < -0.39 is 5.97 Å². The van der Waals surface area contributed by atoms with Gasteiger partial charge in [-0.3, -0.25) is 0 Å². The summed E-state index contributed by atoms with van der Waals surface area (Å²) < 4.78 is 0. The van der Waals surface area contributed by atoms with Crippen molar-refractivity contribution in [3.8, 4) is 0 Å². The Kier molecular flexibility index (Phi) is 17.1. The number of rotatable bonds is 9. The molecule has 0 atom stereocenters. The summed E-state index contributed by atoms with van der Waals surface area (Å²) in [5.41, 5.74) is 0. The van der Waals surface area contributed by atoms with Gasteiger partial charge < -0.3 is 9.94 Å². The van der Waals surface area contributed by atoms with E-state index in [-0.39, 0.29) is 0 Å². The summed E-state index contributed by atoms with van der Waals surface area (Å²) in [6.07, 6.45) is 8.06. The summed E-state index contributed by atoms with van der Waals surface area (Å²) >= 11 is 0. The van der Waals surface area contributed by atoms with Crippen LogP contribution in [-0.2, 0) is 9.63 Å². The Bertz CT molecular complexity index is 183. The van der Waals surface area contributed by atoms with Gasteiger partial charge in [-0.2, -0.15) is 0 Å². The summed E-state index contributed by atoms with van der Waals surface area (Å²) in [7, 11) is 0. The van der Waals surface area contributed by atoms with E-state index in [2.05, 4.69) is 23.7 Å². The fraction of sp³-hybridized carbons (Fsp3) is 0.727. The lowest BCUT2D eigenvalue weighted by molar-refractivity contribution is -0.131. The van der Waals surface area contributed by atoms with Crippen molar-refractivity contribution < 1.29 is 14.7 Å². The average Bonchev–Trinajstić information content (AvgIpc) is 2.29. The largest absolute Gasteiger partial charge is 0.478 e. The summed E-state index contributed by atoms with van der Waals surface area (Å²) in [6, 6.07) is 0. The number of carboxylic acids is 1. The molecule has 0 aromatic carbocycles. The molecule has 0 bridgehead atoms. The highest BCUT2D eigenvalue weighted by Crippen LogP contribution is 2.04. The Morgan fingerprint density at radius 3 is 2.25 bits per heavy atom. The molecule has 0 heterocycles. The van der Waals surface area contributed by atoms with Gasteiger partial charge in [0.1, 0.15) is 6.61 Å². The van der Waals surface area contributed by atoms with Gasteiger partial charge in [0.15, 0.2) is 5.34 Å². The highest BCUT2D eigenvalue weighted by atomic mass is 16.7. The van der Waals surface area contributed by atoms with Gasteiger partial charge >= 0.3 is 5.97 Å². The number of hydrogen-bond acceptors (Lipinski definition) is 4. The Balaban J connectivity index is 0.